The van der Waals surface area contributed by atoms with E-state index in [1.807, 2.05) is 6.92 Å². The monoisotopic (exact) mass is 149 g/mol. The lowest BCUT2D eigenvalue weighted by atomic mass is 10.4. The molecular formula is C6H12ClNO. The molecule has 0 unspecified atom stereocenters. The highest BCUT2D eigenvalue weighted by molar-refractivity contribution is 6.18. The fraction of sp³-hybridized carbons (Fsp3) is 0.833. The minimum Gasteiger partial charge on any atom is -0.356 e. The van der Waals surface area contributed by atoms with Gasteiger partial charge >= 0.3 is 0 Å². The maximum absolute atomic E-state index is 10.6. The number of alkyl halides is 1. The third kappa shape index (κ3) is 5.63. The smallest absolute Gasteiger partial charge is 0.221 e. The molecule has 1 amide bonds. The maximum atomic E-state index is 10.6. The molecule has 2 nitrogen and oxygen atoms in total. The topological polar surface area (TPSA) is 29.1 Å². The van der Waals surface area contributed by atoms with Gasteiger partial charge in [-0.05, 0) is 6.42 Å². The Morgan fingerprint density at radius 1 is 1.67 bits per heavy atom. The van der Waals surface area contributed by atoms with Crippen molar-refractivity contribution >= 4 is 17.5 Å². The van der Waals surface area contributed by atoms with Crippen LogP contribution in [0.5, 0.6) is 0 Å². The number of rotatable bonds is 4. The van der Waals surface area contributed by atoms with Crippen molar-refractivity contribution in [3.63, 3.8) is 0 Å². The van der Waals surface area contributed by atoms with Gasteiger partial charge in [0.1, 0.15) is 0 Å². The molecule has 0 fully saturated rings. The number of hydrogen-bond donors (Lipinski definition) is 1. The Balaban J connectivity index is 3.06. The quantitative estimate of drug-likeness (QED) is 0.597. The fourth-order valence-corrected chi connectivity index (χ4v) is 0.610. The molecule has 1 N–H and O–H groups in total. The van der Waals surface area contributed by atoms with Crippen LogP contribution < -0.4 is 5.32 Å². The zero-order valence-electron chi connectivity index (χ0n) is 5.61. The summed E-state index contributed by atoms with van der Waals surface area (Å²) in [6.07, 6.45) is 1.41. The lowest BCUT2D eigenvalue weighted by Gasteiger charge is -1.98. The third-order valence-corrected chi connectivity index (χ3v) is 1.08. The second-order valence-electron chi connectivity index (χ2n) is 1.79. The first kappa shape index (κ1) is 8.76. The van der Waals surface area contributed by atoms with Crippen LogP contribution >= 0.6 is 11.6 Å². The van der Waals surface area contributed by atoms with E-state index < -0.39 is 0 Å². The van der Waals surface area contributed by atoms with E-state index in [0.29, 0.717) is 12.3 Å². The molecule has 0 aliphatic rings. The van der Waals surface area contributed by atoms with E-state index in [1.165, 1.54) is 0 Å². The molecule has 0 spiro atoms. The van der Waals surface area contributed by atoms with Crippen LogP contribution in [0.3, 0.4) is 0 Å². The van der Waals surface area contributed by atoms with E-state index in [4.69, 9.17) is 11.6 Å². The molecule has 0 aromatic rings. The molecule has 0 atom stereocenters. The minimum atomic E-state index is 0.0480. The molecule has 0 saturated heterocycles. The van der Waals surface area contributed by atoms with Gasteiger partial charge in [-0.15, -0.1) is 11.6 Å². The first-order valence-electron chi connectivity index (χ1n) is 3.14. The van der Waals surface area contributed by atoms with Gasteiger partial charge in [0, 0.05) is 18.8 Å². The summed E-state index contributed by atoms with van der Waals surface area (Å²) in [5.74, 6) is 0.460. The van der Waals surface area contributed by atoms with Crippen molar-refractivity contribution in [2.24, 2.45) is 0 Å². The van der Waals surface area contributed by atoms with Crippen LogP contribution in [0.4, 0.5) is 0 Å². The minimum absolute atomic E-state index is 0.0480. The van der Waals surface area contributed by atoms with Crippen molar-refractivity contribution < 1.29 is 4.79 Å². The summed E-state index contributed by atoms with van der Waals surface area (Å²) in [4.78, 5) is 10.6. The Morgan fingerprint density at radius 2 is 2.33 bits per heavy atom. The highest BCUT2D eigenvalue weighted by atomic mass is 35.5. The molecule has 0 heterocycles. The van der Waals surface area contributed by atoms with Gasteiger partial charge in [0.15, 0.2) is 0 Å². The van der Waals surface area contributed by atoms with Crippen molar-refractivity contribution in [1.82, 2.24) is 5.32 Å². The molecule has 0 bridgehead atoms. The van der Waals surface area contributed by atoms with Gasteiger partial charge in [0.2, 0.25) is 5.91 Å². The number of nitrogens with one attached hydrogen (secondary N) is 1. The summed E-state index contributed by atoms with van der Waals surface area (Å²) in [6.45, 7) is 2.77. The summed E-state index contributed by atoms with van der Waals surface area (Å²) < 4.78 is 0. The van der Waals surface area contributed by atoms with Gasteiger partial charge in [-0.25, -0.2) is 0 Å². The summed E-state index contributed by atoms with van der Waals surface area (Å²) in [5.41, 5.74) is 0. The second kappa shape index (κ2) is 5.89. The van der Waals surface area contributed by atoms with Gasteiger partial charge in [0.05, 0.1) is 0 Å². The number of halogens is 1. The van der Waals surface area contributed by atoms with Crippen LogP contribution in [-0.2, 0) is 4.79 Å². The number of carbonyl (C=O) groups is 1. The molecule has 3 heteroatoms. The molecular weight excluding hydrogens is 138 g/mol. The lowest BCUT2D eigenvalue weighted by Crippen LogP contribution is -2.23. The lowest BCUT2D eigenvalue weighted by molar-refractivity contribution is -0.120. The average molecular weight is 150 g/mol. The molecule has 0 rings (SSSR count). The number of hydrogen-bond acceptors (Lipinski definition) is 1. The van der Waals surface area contributed by atoms with Crippen LogP contribution in [-0.4, -0.2) is 18.3 Å². The number of carbonyl (C=O) groups excluding carboxylic acids is 1. The standard InChI is InChI=1S/C6H12ClNO/c1-2-5-8-6(9)3-4-7/h2-5H2,1H3,(H,8,9). The normalized spacial score (nSPS) is 9.11. The van der Waals surface area contributed by atoms with E-state index >= 15 is 0 Å². The van der Waals surface area contributed by atoms with Gasteiger partial charge in [-0.2, -0.15) is 0 Å². The van der Waals surface area contributed by atoms with Crippen LogP contribution in [0.15, 0.2) is 0 Å². The Morgan fingerprint density at radius 3 is 2.78 bits per heavy atom. The van der Waals surface area contributed by atoms with E-state index in [-0.39, 0.29) is 5.91 Å². The van der Waals surface area contributed by atoms with Crippen molar-refractivity contribution in [3.8, 4) is 0 Å². The Bertz CT molecular complexity index is 85.1. The Kier molecular flexibility index (Phi) is 5.73. The highest BCUT2D eigenvalue weighted by Crippen LogP contribution is 1.83. The van der Waals surface area contributed by atoms with E-state index in [1.54, 1.807) is 0 Å². The maximum Gasteiger partial charge on any atom is 0.221 e. The molecule has 0 aromatic heterocycles. The average Bonchev–Trinajstić information content (AvgIpc) is 1.85. The van der Waals surface area contributed by atoms with Crippen LogP contribution in [0.1, 0.15) is 19.8 Å². The summed E-state index contributed by atoms with van der Waals surface area (Å²) in [6, 6.07) is 0. The third-order valence-electron chi connectivity index (χ3n) is 0.894. The van der Waals surface area contributed by atoms with Crippen LogP contribution in [0.25, 0.3) is 0 Å². The fourth-order valence-electron chi connectivity index (χ4n) is 0.439. The van der Waals surface area contributed by atoms with Gasteiger partial charge in [-0.3, -0.25) is 4.79 Å². The van der Waals surface area contributed by atoms with Crippen molar-refractivity contribution in [2.75, 3.05) is 12.4 Å². The predicted octanol–water partition coefficient (Wildman–Crippen LogP) is 1.14. The van der Waals surface area contributed by atoms with Crippen molar-refractivity contribution in [3.05, 3.63) is 0 Å². The second-order valence-corrected chi connectivity index (χ2v) is 2.17. The van der Waals surface area contributed by atoms with Gasteiger partial charge in [-0.1, -0.05) is 6.92 Å². The van der Waals surface area contributed by atoms with Crippen molar-refractivity contribution in [1.29, 1.82) is 0 Å². The number of amides is 1. The largest absolute Gasteiger partial charge is 0.356 e. The summed E-state index contributed by atoms with van der Waals surface area (Å²) >= 11 is 5.31. The highest BCUT2D eigenvalue weighted by Gasteiger charge is 1.95. The molecule has 0 aliphatic carbocycles. The first-order valence-corrected chi connectivity index (χ1v) is 3.67. The van der Waals surface area contributed by atoms with Crippen LogP contribution in [0.2, 0.25) is 0 Å². The molecule has 0 aliphatic heterocycles. The predicted molar refractivity (Wildman–Crippen MR) is 38.6 cm³/mol. The molecule has 54 valence electrons. The SMILES string of the molecule is CCCNC(=O)CCCl. The Labute approximate surface area is 60.6 Å². The van der Waals surface area contributed by atoms with Crippen LogP contribution in [0, 0.1) is 0 Å². The zero-order valence-corrected chi connectivity index (χ0v) is 6.37. The van der Waals surface area contributed by atoms with E-state index in [9.17, 15) is 4.79 Å². The Hall–Kier alpha value is -0.240. The summed E-state index contributed by atoms with van der Waals surface area (Å²) in [5, 5.41) is 2.71. The van der Waals surface area contributed by atoms with Gasteiger partial charge < -0.3 is 5.32 Å². The summed E-state index contributed by atoms with van der Waals surface area (Å²) in [7, 11) is 0. The van der Waals surface area contributed by atoms with Gasteiger partial charge in [0.25, 0.3) is 0 Å². The molecule has 0 radical (unpaired) electrons. The van der Waals surface area contributed by atoms with E-state index in [0.717, 1.165) is 13.0 Å². The molecule has 0 aromatic carbocycles. The molecule has 0 saturated carbocycles. The first-order chi connectivity index (χ1) is 4.31. The van der Waals surface area contributed by atoms with E-state index in [2.05, 4.69) is 5.32 Å². The zero-order chi connectivity index (χ0) is 7.11. The molecule has 9 heavy (non-hydrogen) atoms. The van der Waals surface area contributed by atoms with Crippen molar-refractivity contribution in [2.45, 2.75) is 19.8 Å².